The first-order valence-corrected chi connectivity index (χ1v) is 9.26. The number of amides is 1. The lowest BCUT2D eigenvalue weighted by atomic mass is 9.93. The van der Waals surface area contributed by atoms with E-state index in [9.17, 15) is 4.79 Å². The summed E-state index contributed by atoms with van der Waals surface area (Å²) in [6, 6.07) is -0.147. The van der Waals surface area contributed by atoms with Crippen molar-refractivity contribution in [3.8, 4) is 0 Å². The number of aromatic nitrogens is 4. The second-order valence-electron chi connectivity index (χ2n) is 6.15. The van der Waals surface area contributed by atoms with E-state index in [1.54, 1.807) is 16.2 Å². The molecule has 6 nitrogen and oxygen atoms in total. The molecule has 0 saturated heterocycles. The highest BCUT2D eigenvalue weighted by atomic mass is 32.2. The Bertz CT molecular complexity index is 682. The van der Waals surface area contributed by atoms with Crippen LogP contribution in [0, 0.1) is 6.92 Å². The summed E-state index contributed by atoms with van der Waals surface area (Å²) >= 11 is 3.11. The van der Waals surface area contributed by atoms with Gasteiger partial charge < -0.3 is 4.90 Å². The van der Waals surface area contributed by atoms with Crippen LogP contribution in [0.4, 0.5) is 4.79 Å². The molecule has 2 heterocycles. The zero-order valence-electron chi connectivity index (χ0n) is 14.5. The van der Waals surface area contributed by atoms with Gasteiger partial charge in [0.05, 0.1) is 14.9 Å². The highest BCUT2D eigenvalue weighted by Crippen LogP contribution is 2.38. The molecular formula is C15H23N5OS2. The van der Waals surface area contributed by atoms with Gasteiger partial charge in [-0.3, -0.25) is 0 Å². The first-order chi connectivity index (χ1) is 10.8. The van der Waals surface area contributed by atoms with Crippen molar-refractivity contribution < 1.29 is 4.79 Å². The topological polar surface area (TPSA) is 63.9 Å². The molecule has 1 amide bonds. The zero-order valence-corrected chi connectivity index (χ0v) is 16.1. The maximum absolute atomic E-state index is 12.3. The summed E-state index contributed by atoms with van der Waals surface area (Å²) in [5.74, 6) is 0. The van der Waals surface area contributed by atoms with Gasteiger partial charge in [0.25, 0.3) is 0 Å². The van der Waals surface area contributed by atoms with Gasteiger partial charge in [-0.2, -0.15) is 4.68 Å². The molecule has 0 bridgehead atoms. The summed E-state index contributed by atoms with van der Waals surface area (Å²) in [5, 5.41) is 5.90. The number of hydrogen-bond donors (Lipinski definition) is 0. The summed E-state index contributed by atoms with van der Waals surface area (Å²) in [6.07, 6.45) is 1.48. The number of hydrogen-bond acceptors (Lipinski definition) is 6. The summed E-state index contributed by atoms with van der Waals surface area (Å²) in [6.45, 7) is 13.6. The van der Waals surface area contributed by atoms with Crippen molar-refractivity contribution in [3.05, 3.63) is 17.0 Å². The first-order valence-electron chi connectivity index (χ1n) is 7.63. The molecule has 0 saturated carbocycles. The fourth-order valence-electron chi connectivity index (χ4n) is 2.06. The minimum absolute atomic E-state index is 0.0350. The van der Waals surface area contributed by atoms with Crippen molar-refractivity contribution >= 4 is 29.1 Å². The molecule has 0 aliphatic carbocycles. The predicted molar refractivity (Wildman–Crippen MR) is 93.4 cm³/mol. The zero-order chi connectivity index (χ0) is 17.2. The Hall–Kier alpha value is -1.41. The van der Waals surface area contributed by atoms with Crippen molar-refractivity contribution in [2.45, 2.75) is 56.3 Å². The quantitative estimate of drug-likeness (QED) is 0.836. The second-order valence-corrected chi connectivity index (χ2v) is 8.59. The van der Waals surface area contributed by atoms with E-state index < -0.39 is 0 Å². The monoisotopic (exact) mass is 353 g/mol. The molecule has 23 heavy (non-hydrogen) atoms. The average molecular weight is 354 g/mol. The number of nitrogens with zero attached hydrogens (tertiary/aromatic N) is 5. The molecule has 0 aliphatic rings. The van der Waals surface area contributed by atoms with Crippen LogP contribution in [0.3, 0.4) is 0 Å². The summed E-state index contributed by atoms with van der Waals surface area (Å²) in [7, 11) is 0. The summed E-state index contributed by atoms with van der Waals surface area (Å²) < 4.78 is 2.39. The van der Waals surface area contributed by atoms with Crippen LogP contribution in [0.25, 0.3) is 0 Å². The smallest absolute Gasteiger partial charge is 0.323 e. The van der Waals surface area contributed by atoms with Crippen molar-refractivity contribution in [1.29, 1.82) is 0 Å². The van der Waals surface area contributed by atoms with E-state index in [-0.39, 0.29) is 11.4 Å². The van der Waals surface area contributed by atoms with E-state index >= 15 is 0 Å². The van der Waals surface area contributed by atoms with Gasteiger partial charge in [-0.05, 0) is 32.5 Å². The molecule has 2 aromatic heterocycles. The van der Waals surface area contributed by atoms with Gasteiger partial charge in [0.15, 0.2) is 0 Å². The molecule has 2 aromatic rings. The Morgan fingerprint density at radius 3 is 2.57 bits per heavy atom. The van der Waals surface area contributed by atoms with Gasteiger partial charge >= 0.3 is 6.03 Å². The molecule has 0 radical (unpaired) electrons. The third-order valence-corrected chi connectivity index (χ3v) is 5.31. The van der Waals surface area contributed by atoms with Crippen LogP contribution in [-0.4, -0.2) is 43.8 Å². The minimum Gasteiger partial charge on any atom is -0.323 e. The van der Waals surface area contributed by atoms with Crippen molar-refractivity contribution in [1.82, 2.24) is 24.6 Å². The number of thiazole rings is 1. The Morgan fingerprint density at radius 2 is 2.00 bits per heavy atom. The van der Waals surface area contributed by atoms with Crippen LogP contribution in [0.15, 0.2) is 15.7 Å². The third kappa shape index (κ3) is 4.11. The lowest BCUT2D eigenvalue weighted by Crippen LogP contribution is -2.34. The Labute approximate surface area is 145 Å². The molecule has 0 N–H and O–H groups in total. The fraction of sp³-hybridized carbons (Fsp3) is 0.600. The first kappa shape index (κ1) is 17.9. The Morgan fingerprint density at radius 1 is 1.35 bits per heavy atom. The van der Waals surface area contributed by atoms with Crippen LogP contribution in [0.1, 0.15) is 45.3 Å². The highest BCUT2D eigenvalue weighted by Gasteiger charge is 2.24. The van der Waals surface area contributed by atoms with Gasteiger partial charge in [0.1, 0.15) is 6.33 Å². The molecule has 0 spiro atoms. The van der Waals surface area contributed by atoms with Crippen molar-refractivity contribution in [2.24, 2.45) is 0 Å². The molecular weight excluding hydrogens is 330 g/mol. The molecule has 2 rings (SSSR count). The van der Waals surface area contributed by atoms with E-state index in [1.165, 1.54) is 22.8 Å². The average Bonchev–Trinajstić information content (AvgIpc) is 3.07. The Balaban J connectivity index is 2.22. The lowest BCUT2D eigenvalue weighted by molar-refractivity contribution is 0.201. The summed E-state index contributed by atoms with van der Waals surface area (Å²) in [5.41, 5.74) is 1.02. The van der Waals surface area contributed by atoms with Gasteiger partial charge in [0.2, 0.25) is 5.16 Å². The number of aryl methyl sites for hydroxylation is 1. The fourth-order valence-corrected chi connectivity index (χ4v) is 4.51. The van der Waals surface area contributed by atoms with Gasteiger partial charge in [-0.1, -0.05) is 20.8 Å². The van der Waals surface area contributed by atoms with E-state index in [4.69, 9.17) is 0 Å². The molecule has 8 heteroatoms. The molecule has 0 unspecified atom stereocenters. The minimum atomic E-state index is -0.147. The van der Waals surface area contributed by atoms with Gasteiger partial charge in [0, 0.05) is 18.5 Å². The van der Waals surface area contributed by atoms with E-state index in [1.807, 2.05) is 20.8 Å². The molecule has 0 aliphatic heterocycles. The second kappa shape index (κ2) is 7.00. The van der Waals surface area contributed by atoms with Gasteiger partial charge in [-0.25, -0.2) is 14.8 Å². The highest BCUT2D eigenvalue weighted by molar-refractivity contribution is 8.01. The largest absolute Gasteiger partial charge is 0.346 e. The van der Waals surface area contributed by atoms with Gasteiger partial charge in [-0.15, -0.1) is 16.4 Å². The van der Waals surface area contributed by atoms with E-state index in [2.05, 4.69) is 35.8 Å². The van der Waals surface area contributed by atoms with Crippen LogP contribution in [-0.2, 0) is 5.41 Å². The van der Waals surface area contributed by atoms with Crippen molar-refractivity contribution in [2.75, 3.05) is 13.1 Å². The van der Waals surface area contributed by atoms with E-state index in [0.29, 0.717) is 18.2 Å². The third-order valence-electron chi connectivity index (χ3n) is 3.30. The maximum Gasteiger partial charge on any atom is 0.346 e. The maximum atomic E-state index is 12.3. The number of rotatable bonds is 4. The molecule has 0 atom stereocenters. The normalized spacial score (nSPS) is 11.7. The molecule has 0 aromatic carbocycles. The van der Waals surface area contributed by atoms with Crippen molar-refractivity contribution in [3.63, 3.8) is 0 Å². The SMILES string of the molecule is CCN(CC)C(=O)n1cnc(Sc2sc(C)nc2C(C)(C)C)n1. The molecule has 126 valence electrons. The van der Waals surface area contributed by atoms with E-state index in [0.717, 1.165) is 14.9 Å². The van der Waals surface area contributed by atoms with Crippen LogP contribution in [0.5, 0.6) is 0 Å². The van der Waals surface area contributed by atoms with Crippen LogP contribution >= 0.6 is 23.1 Å². The summed E-state index contributed by atoms with van der Waals surface area (Å²) in [4.78, 5) is 22.9. The number of carbonyl (C=O) groups excluding carboxylic acids is 1. The predicted octanol–water partition coefficient (Wildman–Crippen LogP) is 3.80. The number of carbonyl (C=O) groups is 1. The van der Waals surface area contributed by atoms with Crippen LogP contribution < -0.4 is 0 Å². The van der Waals surface area contributed by atoms with Crippen LogP contribution in [0.2, 0.25) is 0 Å². The Kier molecular flexibility index (Phi) is 5.46. The standard InChI is InChI=1S/C15H23N5OS2/c1-7-19(8-2)14(21)20-9-16-13(18-20)23-12-11(15(4,5)6)17-10(3)22-12/h9H,7-8H2,1-6H3. The lowest BCUT2D eigenvalue weighted by Gasteiger charge is -2.17. The molecule has 0 fully saturated rings.